The molecule has 1 aromatic carbocycles. The molecule has 92 valence electrons. The molecule has 2 fully saturated rings. The number of hydrogen-bond acceptors (Lipinski definition) is 1. The normalized spacial score (nSPS) is 30.9. The van der Waals surface area contributed by atoms with E-state index >= 15 is 0 Å². The average molecular weight is 229 g/mol. The molecule has 0 bridgehead atoms. The molecule has 0 heterocycles. The van der Waals surface area contributed by atoms with Crippen LogP contribution < -0.4 is 5.32 Å². The molecule has 0 amide bonds. The maximum Gasteiger partial charge on any atom is 0.0127 e. The summed E-state index contributed by atoms with van der Waals surface area (Å²) in [5, 5.41) is 3.58. The Labute approximate surface area is 105 Å². The molecule has 1 N–H and O–H groups in total. The first kappa shape index (κ1) is 11.3. The summed E-state index contributed by atoms with van der Waals surface area (Å²) in [4.78, 5) is 0. The van der Waals surface area contributed by atoms with E-state index in [1.165, 1.54) is 19.3 Å². The van der Waals surface area contributed by atoms with E-state index in [0.29, 0.717) is 0 Å². The topological polar surface area (TPSA) is 12.0 Å². The van der Waals surface area contributed by atoms with Crippen molar-refractivity contribution in [1.29, 1.82) is 0 Å². The fourth-order valence-electron chi connectivity index (χ4n) is 3.48. The number of benzene rings is 1. The lowest BCUT2D eigenvalue weighted by Crippen LogP contribution is -2.35. The highest BCUT2D eigenvalue weighted by Gasteiger charge is 2.47. The fraction of sp³-hybridized carbons (Fsp3) is 0.625. The molecule has 0 spiro atoms. The molecule has 4 unspecified atom stereocenters. The van der Waals surface area contributed by atoms with Crippen LogP contribution in [0.1, 0.15) is 37.7 Å². The van der Waals surface area contributed by atoms with Gasteiger partial charge in [-0.3, -0.25) is 0 Å². The first-order valence-corrected chi connectivity index (χ1v) is 7.03. The summed E-state index contributed by atoms with van der Waals surface area (Å²) < 4.78 is 0. The van der Waals surface area contributed by atoms with Crippen molar-refractivity contribution in [2.75, 3.05) is 7.05 Å². The molecule has 1 nitrogen and oxygen atoms in total. The van der Waals surface area contributed by atoms with Crippen molar-refractivity contribution in [3.63, 3.8) is 0 Å². The Bertz CT molecular complexity index is 368. The summed E-state index contributed by atoms with van der Waals surface area (Å²) in [6.45, 7) is 2.44. The predicted molar refractivity (Wildman–Crippen MR) is 72.0 cm³/mol. The molecule has 2 aliphatic rings. The van der Waals surface area contributed by atoms with E-state index in [9.17, 15) is 0 Å². The van der Waals surface area contributed by atoms with Gasteiger partial charge >= 0.3 is 0 Å². The minimum atomic E-state index is 0.729. The Morgan fingerprint density at radius 2 is 1.88 bits per heavy atom. The molecule has 1 heteroatoms. The van der Waals surface area contributed by atoms with E-state index in [4.69, 9.17) is 0 Å². The Kier molecular flexibility index (Phi) is 2.96. The molecular formula is C16H23N. The first-order chi connectivity index (χ1) is 8.31. The highest BCUT2D eigenvalue weighted by atomic mass is 14.9. The van der Waals surface area contributed by atoms with Gasteiger partial charge in [-0.1, -0.05) is 37.3 Å². The number of nitrogens with one attached hydrogen (secondary N) is 1. The lowest BCUT2D eigenvalue weighted by atomic mass is 9.91. The van der Waals surface area contributed by atoms with Crippen LogP contribution in [0.3, 0.4) is 0 Å². The molecule has 0 saturated heterocycles. The van der Waals surface area contributed by atoms with Gasteiger partial charge in [0, 0.05) is 6.04 Å². The van der Waals surface area contributed by atoms with Crippen LogP contribution in [-0.2, 0) is 0 Å². The van der Waals surface area contributed by atoms with Crippen molar-refractivity contribution in [2.45, 2.75) is 38.1 Å². The maximum atomic E-state index is 3.58. The van der Waals surface area contributed by atoms with Gasteiger partial charge in [-0.05, 0) is 55.5 Å². The molecule has 0 radical (unpaired) electrons. The highest BCUT2D eigenvalue weighted by molar-refractivity contribution is 5.27. The van der Waals surface area contributed by atoms with Gasteiger partial charge in [-0.15, -0.1) is 0 Å². The predicted octanol–water partition coefficient (Wildman–Crippen LogP) is 3.42. The van der Waals surface area contributed by atoms with Crippen molar-refractivity contribution in [1.82, 2.24) is 5.32 Å². The van der Waals surface area contributed by atoms with E-state index in [1.54, 1.807) is 5.56 Å². The number of rotatable bonds is 5. The molecule has 1 aromatic rings. The summed E-state index contributed by atoms with van der Waals surface area (Å²) in [6.07, 6.45) is 4.30. The van der Waals surface area contributed by atoms with Crippen LogP contribution >= 0.6 is 0 Å². The second-order valence-corrected chi connectivity index (χ2v) is 5.93. The monoisotopic (exact) mass is 229 g/mol. The molecular weight excluding hydrogens is 206 g/mol. The second kappa shape index (κ2) is 4.45. The summed E-state index contributed by atoms with van der Waals surface area (Å²) in [6, 6.07) is 11.8. The second-order valence-electron chi connectivity index (χ2n) is 5.93. The SMILES string of the molecule is CNC(C(C)C1CC1)C1CC1c1ccccc1. The van der Waals surface area contributed by atoms with E-state index in [-0.39, 0.29) is 0 Å². The summed E-state index contributed by atoms with van der Waals surface area (Å²) in [5.41, 5.74) is 1.54. The van der Waals surface area contributed by atoms with Crippen molar-refractivity contribution in [2.24, 2.45) is 17.8 Å². The van der Waals surface area contributed by atoms with Crippen LogP contribution in [0.25, 0.3) is 0 Å². The Morgan fingerprint density at radius 3 is 2.47 bits per heavy atom. The Balaban J connectivity index is 1.66. The van der Waals surface area contributed by atoms with Crippen LogP contribution in [0.5, 0.6) is 0 Å². The van der Waals surface area contributed by atoms with E-state index in [1.807, 2.05) is 0 Å². The van der Waals surface area contributed by atoms with Crippen molar-refractivity contribution < 1.29 is 0 Å². The van der Waals surface area contributed by atoms with Crippen molar-refractivity contribution in [3.8, 4) is 0 Å². The van der Waals surface area contributed by atoms with Gasteiger partial charge in [0.25, 0.3) is 0 Å². The third kappa shape index (κ3) is 2.26. The minimum Gasteiger partial charge on any atom is -0.316 e. The van der Waals surface area contributed by atoms with Gasteiger partial charge in [0.2, 0.25) is 0 Å². The molecule has 4 atom stereocenters. The van der Waals surface area contributed by atoms with Gasteiger partial charge in [-0.25, -0.2) is 0 Å². The quantitative estimate of drug-likeness (QED) is 0.815. The summed E-state index contributed by atoms with van der Waals surface area (Å²) in [7, 11) is 2.14. The third-order valence-corrected chi connectivity index (χ3v) is 4.79. The van der Waals surface area contributed by atoms with Crippen LogP contribution in [-0.4, -0.2) is 13.1 Å². The van der Waals surface area contributed by atoms with E-state index < -0.39 is 0 Å². The lowest BCUT2D eigenvalue weighted by molar-refractivity contribution is 0.323. The molecule has 17 heavy (non-hydrogen) atoms. The standard InChI is InChI=1S/C16H23N/c1-11(12-8-9-12)16(17-2)15-10-14(15)13-6-4-3-5-7-13/h3-7,11-12,14-17H,8-10H2,1-2H3. The molecule has 2 aliphatic carbocycles. The Morgan fingerprint density at radius 1 is 1.18 bits per heavy atom. The van der Waals surface area contributed by atoms with Gasteiger partial charge in [0.1, 0.15) is 0 Å². The van der Waals surface area contributed by atoms with Crippen LogP contribution in [0.15, 0.2) is 30.3 Å². The van der Waals surface area contributed by atoms with Crippen LogP contribution in [0, 0.1) is 17.8 Å². The van der Waals surface area contributed by atoms with E-state index in [2.05, 4.69) is 49.6 Å². The van der Waals surface area contributed by atoms with Gasteiger partial charge < -0.3 is 5.32 Å². The van der Waals surface area contributed by atoms with Crippen molar-refractivity contribution >= 4 is 0 Å². The van der Waals surface area contributed by atoms with Gasteiger partial charge in [0.15, 0.2) is 0 Å². The van der Waals surface area contributed by atoms with Gasteiger partial charge in [-0.2, -0.15) is 0 Å². The first-order valence-electron chi connectivity index (χ1n) is 7.03. The maximum absolute atomic E-state index is 3.58. The molecule has 2 saturated carbocycles. The summed E-state index contributed by atoms with van der Waals surface area (Å²) in [5.74, 6) is 3.55. The smallest absolute Gasteiger partial charge is 0.0127 e. The van der Waals surface area contributed by atoms with Crippen LogP contribution in [0.4, 0.5) is 0 Å². The van der Waals surface area contributed by atoms with E-state index in [0.717, 1.165) is 29.7 Å². The molecule has 0 aliphatic heterocycles. The third-order valence-electron chi connectivity index (χ3n) is 4.79. The summed E-state index contributed by atoms with van der Waals surface area (Å²) >= 11 is 0. The molecule has 0 aromatic heterocycles. The largest absolute Gasteiger partial charge is 0.316 e. The Hall–Kier alpha value is -0.820. The zero-order valence-corrected chi connectivity index (χ0v) is 10.9. The number of hydrogen-bond donors (Lipinski definition) is 1. The molecule has 3 rings (SSSR count). The van der Waals surface area contributed by atoms with Gasteiger partial charge in [0.05, 0.1) is 0 Å². The lowest BCUT2D eigenvalue weighted by Gasteiger charge is -2.24. The van der Waals surface area contributed by atoms with Crippen LogP contribution in [0.2, 0.25) is 0 Å². The zero-order valence-electron chi connectivity index (χ0n) is 10.9. The highest BCUT2D eigenvalue weighted by Crippen LogP contribution is 2.53. The van der Waals surface area contributed by atoms with Crippen molar-refractivity contribution in [3.05, 3.63) is 35.9 Å². The average Bonchev–Trinajstić information content (AvgIpc) is 3.25. The zero-order chi connectivity index (χ0) is 11.8. The minimum absolute atomic E-state index is 0.729. The fourth-order valence-corrected chi connectivity index (χ4v) is 3.48.